The van der Waals surface area contributed by atoms with Crippen molar-refractivity contribution in [3.63, 3.8) is 0 Å². The Balaban J connectivity index is 1.25. The Hall–Kier alpha value is -3.90. The minimum atomic E-state index is -1.00. The highest BCUT2D eigenvalue weighted by atomic mass is 19.1. The summed E-state index contributed by atoms with van der Waals surface area (Å²) < 4.78 is 22.7. The zero-order valence-corrected chi connectivity index (χ0v) is 30.1. The topological polar surface area (TPSA) is 108 Å². The van der Waals surface area contributed by atoms with E-state index in [1.165, 1.54) is 25.3 Å². The molecule has 1 atom stereocenters. The second kappa shape index (κ2) is 13.7. The van der Waals surface area contributed by atoms with Crippen molar-refractivity contribution in [2.45, 2.75) is 96.5 Å². The number of aliphatic hydroxyl groups excluding tert-OH is 1. The lowest BCUT2D eigenvalue weighted by atomic mass is 9.82. The number of ether oxygens (including phenoxy) is 1. The third kappa shape index (κ3) is 6.18. The number of imidazole rings is 1. The number of amides is 1. The number of aryl methyl sites for hydroxylation is 1. The number of benzene rings is 2. The van der Waals surface area contributed by atoms with Crippen LogP contribution in [0, 0.1) is 12.7 Å². The lowest BCUT2D eigenvalue weighted by Gasteiger charge is -2.48. The molecule has 1 saturated carbocycles. The van der Waals surface area contributed by atoms with Crippen LogP contribution in [-0.2, 0) is 14.9 Å². The van der Waals surface area contributed by atoms with Gasteiger partial charge in [-0.1, -0.05) is 18.6 Å². The number of hydrogen-bond donors (Lipinski definition) is 3. The summed E-state index contributed by atoms with van der Waals surface area (Å²) in [5.74, 6) is 0.151. The van der Waals surface area contributed by atoms with Gasteiger partial charge < -0.3 is 29.5 Å². The number of piperidine rings is 1. The summed E-state index contributed by atoms with van der Waals surface area (Å²) in [7, 11) is 1.60. The molecule has 50 heavy (non-hydrogen) atoms. The minimum absolute atomic E-state index is 0.0801. The highest BCUT2D eigenvalue weighted by molar-refractivity contribution is 6.08. The molecule has 0 bridgehead atoms. The first kappa shape index (κ1) is 34.5. The largest absolute Gasteiger partial charge is 0.383 e. The lowest BCUT2D eigenvalue weighted by molar-refractivity contribution is -0.123. The molecule has 266 valence electrons. The molecule has 3 aliphatic rings. The van der Waals surface area contributed by atoms with Gasteiger partial charge in [-0.3, -0.25) is 10.1 Å². The Morgan fingerprint density at radius 3 is 2.56 bits per heavy atom. The zero-order chi connectivity index (χ0) is 35.3. The van der Waals surface area contributed by atoms with Gasteiger partial charge in [0.2, 0.25) is 5.91 Å². The van der Waals surface area contributed by atoms with Crippen LogP contribution in [-0.4, -0.2) is 75.9 Å². The van der Waals surface area contributed by atoms with E-state index in [0.717, 1.165) is 53.8 Å². The van der Waals surface area contributed by atoms with E-state index in [1.54, 1.807) is 26.4 Å². The fourth-order valence-electron chi connectivity index (χ4n) is 7.96. The van der Waals surface area contributed by atoms with Crippen molar-refractivity contribution >= 4 is 34.1 Å². The predicted octanol–water partition coefficient (Wildman–Crippen LogP) is 6.74. The van der Waals surface area contributed by atoms with Crippen molar-refractivity contribution < 1.29 is 19.0 Å². The second-order valence-electron chi connectivity index (χ2n) is 15.0. The monoisotopic (exact) mass is 683 g/mol. The fraction of sp³-hybridized carbons (Fsp3) is 0.513. The number of halogens is 1. The van der Waals surface area contributed by atoms with Gasteiger partial charge in [-0.05, 0) is 109 Å². The number of hydrogen-bond acceptors (Lipinski definition) is 8. The van der Waals surface area contributed by atoms with Crippen molar-refractivity contribution in [1.29, 1.82) is 0 Å². The molecule has 2 aromatic heterocycles. The van der Waals surface area contributed by atoms with Gasteiger partial charge in [-0.25, -0.2) is 14.4 Å². The minimum Gasteiger partial charge on any atom is -0.383 e. The van der Waals surface area contributed by atoms with Crippen LogP contribution < -0.4 is 15.5 Å². The highest BCUT2D eigenvalue weighted by Gasteiger charge is 2.50. The lowest BCUT2D eigenvalue weighted by Crippen LogP contribution is -2.57. The van der Waals surface area contributed by atoms with Crippen LogP contribution in [0.4, 0.5) is 21.6 Å². The summed E-state index contributed by atoms with van der Waals surface area (Å²) >= 11 is 0. The van der Waals surface area contributed by atoms with Crippen LogP contribution >= 0.6 is 0 Å². The molecular weight excluding hydrogens is 633 g/mol. The molecule has 11 heteroatoms. The second-order valence-corrected chi connectivity index (χ2v) is 15.0. The molecule has 2 fully saturated rings. The van der Waals surface area contributed by atoms with E-state index in [1.807, 2.05) is 30.5 Å². The summed E-state index contributed by atoms with van der Waals surface area (Å²) in [6.07, 6.45) is 6.62. The number of anilines is 3. The average Bonchev–Trinajstić information content (AvgIpc) is 3.59. The number of likely N-dealkylation sites (tertiary alicyclic amines) is 1. The van der Waals surface area contributed by atoms with Crippen LogP contribution in [0.2, 0.25) is 0 Å². The molecule has 2 aliphatic heterocycles. The first-order valence-corrected chi connectivity index (χ1v) is 18.1. The molecule has 1 amide bonds. The maximum atomic E-state index is 15.6. The predicted molar refractivity (Wildman–Crippen MR) is 195 cm³/mol. The first-order chi connectivity index (χ1) is 24.0. The van der Waals surface area contributed by atoms with Crippen molar-refractivity contribution in [3.8, 4) is 11.3 Å². The standard InChI is InChI=1S/C39H50FN7O3/c1-23(2)46-22-42-33-21-31(43-36(35(33)46)44-32-20-28(24(3)16-30(32)40)37(48)41-12-15-50-6)25-10-11-29-34(17-25)47(38(49)39(29,4)5)27-18-26(19-27)45-13-8-7-9-14-45/h10-11,16-17,20-23,26-27,37,41,48H,7-9,12-15,18-19H2,1-6H3,(H,43,44). The first-order valence-electron chi connectivity index (χ1n) is 18.1. The van der Waals surface area contributed by atoms with Crippen molar-refractivity contribution in [2.24, 2.45) is 0 Å². The number of fused-ring (bicyclic) bond motifs is 2. The molecule has 0 spiro atoms. The van der Waals surface area contributed by atoms with E-state index in [-0.39, 0.29) is 23.7 Å². The molecule has 2 aromatic carbocycles. The van der Waals surface area contributed by atoms with Gasteiger partial charge in [0.05, 0.1) is 35.2 Å². The van der Waals surface area contributed by atoms with Crippen LogP contribution in [0.25, 0.3) is 22.3 Å². The Bertz CT molecular complexity index is 1890. The van der Waals surface area contributed by atoms with Gasteiger partial charge in [-0.15, -0.1) is 0 Å². The van der Waals surface area contributed by atoms with Gasteiger partial charge >= 0.3 is 0 Å². The van der Waals surface area contributed by atoms with Crippen molar-refractivity contribution in [1.82, 2.24) is 24.8 Å². The van der Waals surface area contributed by atoms with Crippen molar-refractivity contribution in [3.05, 3.63) is 65.2 Å². The van der Waals surface area contributed by atoms with E-state index < -0.39 is 17.5 Å². The Morgan fingerprint density at radius 1 is 1.08 bits per heavy atom. The normalized spacial score (nSPS) is 21.1. The van der Waals surface area contributed by atoms with Gasteiger partial charge in [0.1, 0.15) is 17.6 Å². The molecule has 10 nitrogen and oxygen atoms in total. The molecule has 0 radical (unpaired) electrons. The molecule has 1 aliphatic carbocycles. The van der Waals surface area contributed by atoms with E-state index in [2.05, 4.69) is 46.4 Å². The summed E-state index contributed by atoms with van der Waals surface area (Å²) in [5.41, 5.74) is 5.74. The van der Waals surface area contributed by atoms with Gasteiger partial charge in [0, 0.05) is 48.6 Å². The molecular formula is C39H50FN7O3. The Kier molecular flexibility index (Phi) is 9.44. The summed E-state index contributed by atoms with van der Waals surface area (Å²) in [6.45, 7) is 13.1. The average molecular weight is 684 g/mol. The number of aliphatic hydroxyl groups is 1. The maximum absolute atomic E-state index is 15.6. The maximum Gasteiger partial charge on any atom is 0.237 e. The van der Waals surface area contributed by atoms with Crippen LogP contribution in [0.5, 0.6) is 0 Å². The quantitative estimate of drug-likeness (QED) is 0.118. The van der Waals surface area contributed by atoms with E-state index in [4.69, 9.17) is 14.7 Å². The molecule has 1 unspecified atom stereocenters. The number of rotatable bonds is 11. The van der Waals surface area contributed by atoms with Gasteiger partial charge in [0.25, 0.3) is 0 Å². The third-order valence-electron chi connectivity index (χ3n) is 11.0. The number of carbonyl (C=O) groups is 1. The van der Waals surface area contributed by atoms with E-state index >= 15 is 4.39 Å². The summed E-state index contributed by atoms with van der Waals surface area (Å²) in [6, 6.07) is 12.0. The van der Waals surface area contributed by atoms with Crippen molar-refractivity contribution in [2.75, 3.05) is 43.6 Å². The third-order valence-corrected chi connectivity index (χ3v) is 11.0. The number of methoxy groups -OCH3 is 1. The number of pyridine rings is 1. The molecule has 7 rings (SSSR count). The van der Waals surface area contributed by atoms with Crippen LogP contribution in [0.15, 0.2) is 42.7 Å². The Morgan fingerprint density at radius 2 is 1.84 bits per heavy atom. The molecule has 3 N–H and O–H groups in total. The number of nitrogens with one attached hydrogen (secondary N) is 2. The number of aromatic nitrogens is 3. The molecule has 4 heterocycles. The molecule has 4 aromatic rings. The van der Waals surface area contributed by atoms with E-state index in [0.29, 0.717) is 41.8 Å². The number of carbonyl (C=O) groups excluding carboxylic acids is 1. The molecule has 1 saturated heterocycles. The summed E-state index contributed by atoms with van der Waals surface area (Å²) in [4.78, 5) is 28.5. The fourth-order valence-corrected chi connectivity index (χ4v) is 7.96. The zero-order valence-electron chi connectivity index (χ0n) is 30.1. The smallest absolute Gasteiger partial charge is 0.237 e. The van der Waals surface area contributed by atoms with E-state index in [9.17, 15) is 9.90 Å². The highest BCUT2D eigenvalue weighted by Crippen LogP contribution is 2.48. The Labute approximate surface area is 294 Å². The summed E-state index contributed by atoms with van der Waals surface area (Å²) in [5, 5.41) is 17.2. The number of nitrogens with zero attached hydrogens (tertiary/aromatic N) is 5. The van der Waals surface area contributed by atoms with Gasteiger partial charge in [-0.2, -0.15) is 0 Å². The van der Waals surface area contributed by atoms with Crippen LogP contribution in [0.1, 0.15) is 88.8 Å². The van der Waals surface area contributed by atoms with Gasteiger partial charge in [0.15, 0.2) is 5.82 Å². The van der Waals surface area contributed by atoms with Crippen LogP contribution in [0.3, 0.4) is 0 Å². The SMILES string of the molecule is COCCNC(O)c1cc(Nc2nc(-c3ccc4c(c3)N(C3CC(N5CCCCC5)C3)C(=O)C4(C)C)cc3ncn(C(C)C)c23)c(F)cc1C.